The zero-order chi connectivity index (χ0) is 14.1. The van der Waals surface area contributed by atoms with Crippen molar-refractivity contribution in [3.05, 3.63) is 34.1 Å². The van der Waals surface area contributed by atoms with E-state index in [2.05, 4.69) is 20.8 Å². The van der Waals surface area contributed by atoms with Crippen LogP contribution in [0.2, 0.25) is 0 Å². The third kappa shape index (κ3) is 2.92. The van der Waals surface area contributed by atoms with Gasteiger partial charge in [-0.1, -0.05) is 28.4 Å². The van der Waals surface area contributed by atoms with Crippen LogP contribution in [0.1, 0.15) is 37.7 Å². The number of rotatable bonds is 3. The topological polar surface area (TPSA) is 23.5 Å². The van der Waals surface area contributed by atoms with Crippen molar-refractivity contribution >= 4 is 15.9 Å². The molecule has 0 spiro atoms. The lowest BCUT2D eigenvalue weighted by Crippen LogP contribution is -2.38. The number of nitrogens with zero attached hydrogens (tertiary/aromatic N) is 1. The first-order chi connectivity index (χ1) is 9.65. The fourth-order valence-corrected chi connectivity index (χ4v) is 4.30. The zero-order valence-electron chi connectivity index (χ0n) is 11.6. The number of likely N-dealkylation sites (tertiary alicyclic amines) is 1. The third-order valence-corrected chi connectivity index (χ3v) is 5.57. The summed E-state index contributed by atoms with van der Waals surface area (Å²) in [6.07, 6.45) is 5.50. The van der Waals surface area contributed by atoms with Crippen LogP contribution in [-0.4, -0.2) is 28.7 Å². The molecule has 3 rings (SSSR count). The van der Waals surface area contributed by atoms with E-state index < -0.39 is 0 Å². The molecule has 0 bridgehead atoms. The highest BCUT2D eigenvalue weighted by molar-refractivity contribution is 9.10. The number of aliphatic hydroxyl groups excluding tert-OH is 1. The van der Waals surface area contributed by atoms with E-state index in [4.69, 9.17) is 0 Å². The molecule has 20 heavy (non-hydrogen) atoms. The van der Waals surface area contributed by atoms with E-state index in [0.29, 0.717) is 12.0 Å². The van der Waals surface area contributed by atoms with Crippen LogP contribution in [0.5, 0.6) is 0 Å². The van der Waals surface area contributed by atoms with E-state index in [-0.39, 0.29) is 11.9 Å². The summed E-state index contributed by atoms with van der Waals surface area (Å²) in [5.41, 5.74) is 1.13. The number of halogens is 2. The molecule has 0 aromatic heterocycles. The predicted octanol–water partition coefficient (Wildman–Crippen LogP) is 3.71. The monoisotopic (exact) mass is 341 g/mol. The standard InChI is InChI=1S/C16H21BrFNO/c17-14-9-12(18)7-6-11(14)10-19-8-2-4-15(19)13-3-1-5-16(13)20/h6-7,9,13,15-16,20H,1-5,8,10H2. The van der Waals surface area contributed by atoms with Gasteiger partial charge < -0.3 is 5.11 Å². The average Bonchev–Trinajstić information content (AvgIpc) is 3.01. The second-order valence-corrected chi connectivity index (χ2v) is 6.93. The lowest BCUT2D eigenvalue weighted by atomic mass is 9.94. The minimum Gasteiger partial charge on any atom is -0.393 e. The lowest BCUT2D eigenvalue weighted by molar-refractivity contribution is 0.0718. The van der Waals surface area contributed by atoms with E-state index in [1.165, 1.54) is 25.0 Å². The molecule has 2 aliphatic rings. The molecule has 0 radical (unpaired) electrons. The van der Waals surface area contributed by atoms with Crippen molar-refractivity contribution in [3.63, 3.8) is 0 Å². The Morgan fingerprint density at radius 1 is 1.25 bits per heavy atom. The molecule has 2 nitrogen and oxygen atoms in total. The molecule has 0 amide bonds. The van der Waals surface area contributed by atoms with Crippen LogP contribution >= 0.6 is 15.9 Å². The first-order valence-corrected chi connectivity index (χ1v) is 8.30. The van der Waals surface area contributed by atoms with Crippen molar-refractivity contribution in [2.45, 2.75) is 50.8 Å². The Labute approximate surface area is 128 Å². The molecule has 1 aliphatic carbocycles. The summed E-state index contributed by atoms with van der Waals surface area (Å²) in [6.45, 7) is 1.92. The Morgan fingerprint density at radius 2 is 2.10 bits per heavy atom. The molecule has 1 saturated heterocycles. The Bertz CT molecular complexity index is 482. The van der Waals surface area contributed by atoms with Crippen LogP contribution in [0.25, 0.3) is 0 Å². The SMILES string of the molecule is OC1CCCC1C1CCCN1Cc1ccc(F)cc1Br. The van der Waals surface area contributed by atoms with Gasteiger partial charge >= 0.3 is 0 Å². The van der Waals surface area contributed by atoms with Crippen molar-refractivity contribution in [1.29, 1.82) is 0 Å². The maximum atomic E-state index is 13.2. The smallest absolute Gasteiger partial charge is 0.124 e. The van der Waals surface area contributed by atoms with Gasteiger partial charge in [-0.15, -0.1) is 0 Å². The summed E-state index contributed by atoms with van der Waals surface area (Å²) in [5.74, 6) is 0.224. The molecule has 1 aromatic rings. The van der Waals surface area contributed by atoms with Crippen LogP contribution in [0, 0.1) is 11.7 Å². The zero-order valence-corrected chi connectivity index (χ0v) is 13.2. The van der Waals surface area contributed by atoms with Crippen LogP contribution in [-0.2, 0) is 6.54 Å². The summed E-state index contributed by atoms with van der Waals surface area (Å²) in [6, 6.07) is 5.41. The molecule has 4 heteroatoms. The minimum atomic E-state index is -0.204. The Morgan fingerprint density at radius 3 is 2.80 bits per heavy atom. The van der Waals surface area contributed by atoms with E-state index in [9.17, 15) is 9.50 Å². The fraction of sp³-hybridized carbons (Fsp3) is 0.625. The van der Waals surface area contributed by atoms with Gasteiger partial charge in [-0.05, 0) is 49.9 Å². The Hall–Kier alpha value is -0.450. The molecule has 1 heterocycles. The summed E-state index contributed by atoms with van der Waals surface area (Å²) in [4.78, 5) is 2.47. The third-order valence-electron chi connectivity index (χ3n) is 4.83. The van der Waals surface area contributed by atoms with Gasteiger partial charge in [-0.25, -0.2) is 4.39 Å². The van der Waals surface area contributed by atoms with Gasteiger partial charge in [0, 0.05) is 23.0 Å². The van der Waals surface area contributed by atoms with Crippen LogP contribution in [0.3, 0.4) is 0 Å². The van der Waals surface area contributed by atoms with Crippen molar-refractivity contribution in [2.24, 2.45) is 5.92 Å². The highest BCUT2D eigenvalue weighted by atomic mass is 79.9. The van der Waals surface area contributed by atoms with Gasteiger partial charge in [0.25, 0.3) is 0 Å². The number of hydrogen-bond donors (Lipinski definition) is 1. The van der Waals surface area contributed by atoms with E-state index in [0.717, 1.165) is 42.4 Å². The fourth-order valence-electron chi connectivity index (χ4n) is 3.82. The summed E-state index contributed by atoms with van der Waals surface area (Å²) in [7, 11) is 0. The van der Waals surface area contributed by atoms with Gasteiger partial charge in [-0.3, -0.25) is 4.90 Å². The maximum Gasteiger partial charge on any atom is 0.124 e. The van der Waals surface area contributed by atoms with Gasteiger partial charge in [0.15, 0.2) is 0 Å². The normalized spacial score (nSPS) is 31.1. The average molecular weight is 342 g/mol. The van der Waals surface area contributed by atoms with Crippen LogP contribution in [0.15, 0.2) is 22.7 Å². The van der Waals surface area contributed by atoms with Crippen molar-refractivity contribution < 1.29 is 9.50 Å². The highest BCUT2D eigenvalue weighted by Crippen LogP contribution is 2.36. The van der Waals surface area contributed by atoms with Crippen molar-refractivity contribution in [3.8, 4) is 0 Å². The Balaban J connectivity index is 1.72. The second-order valence-electron chi connectivity index (χ2n) is 6.08. The molecular weight excluding hydrogens is 321 g/mol. The first kappa shape index (κ1) is 14.5. The predicted molar refractivity (Wildman–Crippen MR) is 80.9 cm³/mol. The van der Waals surface area contributed by atoms with E-state index >= 15 is 0 Å². The summed E-state index contributed by atoms with van der Waals surface area (Å²) < 4.78 is 14.0. The molecule has 3 atom stereocenters. The van der Waals surface area contributed by atoms with Crippen LogP contribution in [0.4, 0.5) is 4.39 Å². The molecule has 2 fully saturated rings. The molecule has 3 unspecified atom stereocenters. The molecule has 1 saturated carbocycles. The van der Waals surface area contributed by atoms with E-state index in [1.54, 1.807) is 0 Å². The largest absolute Gasteiger partial charge is 0.393 e. The molecule has 1 N–H and O–H groups in total. The van der Waals surface area contributed by atoms with Gasteiger partial charge in [0.05, 0.1) is 6.10 Å². The number of aliphatic hydroxyl groups is 1. The van der Waals surface area contributed by atoms with E-state index in [1.807, 2.05) is 6.07 Å². The summed E-state index contributed by atoms with van der Waals surface area (Å²) >= 11 is 3.45. The van der Waals surface area contributed by atoms with Crippen molar-refractivity contribution in [2.75, 3.05) is 6.54 Å². The number of hydrogen-bond acceptors (Lipinski definition) is 2. The molecular formula is C16H21BrFNO. The van der Waals surface area contributed by atoms with Gasteiger partial charge in [0.2, 0.25) is 0 Å². The molecule has 1 aromatic carbocycles. The number of benzene rings is 1. The maximum absolute atomic E-state index is 13.2. The van der Waals surface area contributed by atoms with Gasteiger partial charge in [0.1, 0.15) is 5.82 Å². The lowest BCUT2D eigenvalue weighted by Gasteiger charge is -2.31. The summed E-state index contributed by atoms with van der Waals surface area (Å²) in [5, 5.41) is 10.1. The molecule has 1 aliphatic heterocycles. The van der Waals surface area contributed by atoms with Crippen molar-refractivity contribution in [1.82, 2.24) is 4.90 Å². The molecule has 110 valence electrons. The quantitative estimate of drug-likeness (QED) is 0.905. The van der Waals surface area contributed by atoms with Gasteiger partial charge in [-0.2, -0.15) is 0 Å². The second kappa shape index (κ2) is 6.12. The first-order valence-electron chi connectivity index (χ1n) is 7.51. The van der Waals surface area contributed by atoms with Crippen LogP contribution < -0.4 is 0 Å². The minimum absolute atomic E-state index is 0.128. The highest BCUT2D eigenvalue weighted by Gasteiger charge is 2.38. The Kier molecular flexibility index (Phi) is 4.43.